The van der Waals surface area contributed by atoms with Crippen molar-refractivity contribution in [1.82, 2.24) is 9.97 Å². The van der Waals surface area contributed by atoms with Crippen molar-refractivity contribution in [1.29, 1.82) is 0 Å². The van der Waals surface area contributed by atoms with E-state index >= 15 is 0 Å². The lowest BCUT2D eigenvalue weighted by molar-refractivity contribution is 0.0695. The second-order valence-corrected chi connectivity index (χ2v) is 5.57. The summed E-state index contributed by atoms with van der Waals surface area (Å²) in [5, 5.41) is 19.7. The Kier molecular flexibility index (Phi) is 3.90. The van der Waals surface area contributed by atoms with Crippen molar-refractivity contribution in [3.63, 3.8) is 0 Å². The van der Waals surface area contributed by atoms with E-state index in [0.717, 1.165) is 0 Å². The van der Waals surface area contributed by atoms with E-state index in [1.807, 2.05) is 0 Å². The summed E-state index contributed by atoms with van der Waals surface area (Å²) in [6, 6.07) is 6.26. The van der Waals surface area contributed by atoms with E-state index in [9.17, 15) is 24.6 Å². The molecule has 0 amide bonds. The van der Waals surface area contributed by atoms with Crippen molar-refractivity contribution in [3.8, 4) is 11.1 Å². The van der Waals surface area contributed by atoms with Gasteiger partial charge < -0.3 is 20.9 Å². The third-order valence-electron chi connectivity index (χ3n) is 3.61. The minimum atomic E-state index is -1.59. The zero-order chi connectivity index (χ0) is 18.3. The molecule has 0 bridgehead atoms. The molecular formula is C16H10ClN3O5. The average Bonchev–Trinajstić information content (AvgIpc) is 2.52. The third-order valence-corrected chi connectivity index (χ3v) is 3.83. The predicted molar refractivity (Wildman–Crippen MR) is 91.1 cm³/mol. The highest BCUT2D eigenvalue weighted by molar-refractivity contribution is 6.32. The number of hydrogen-bond acceptors (Lipinski definition) is 5. The van der Waals surface area contributed by atoms with Crippen LogP contribution in [0.2, 0.25) is 5.02 Å². The molecule has 0 saturated carbocycles. The Labute approximate surface area is 144 Å². The van der Waals surface area contributed by atoms with Gasteiger partial charge in [0.2, 0.25) is 0 Å². The number of hydrogen-bond donors (Lipinski definition) is 4. The molecule has 0 atom stereocenters. The van der Waals surface area contributed by atoms with Gasteiger partial charge in [0.15, 0.2) is 0 Å². The van der Waals surface area contributed by atoms with E-state index in [0.29, 0.717) is 10.9 Å². The summed E-state index contributed by atoms with van der Waals surface area (Å²) < 4.78 is 0. The van der Waals surface area contributed by atoms with Crippen LogP contribution in [-0.4, -0.2) is 32.1 Å². The summed E-state index contributed by atoms with van der Waals surface area (Å²) in [5.41, 5.74) is 3.37. The van der Waals surface area contributed by atoms with E-state index in [-0.39, 0.29) is 16.1 Å². The number of aromatic nitrogens is 2. The number of nitrogens with one attached hydrogen (secondary N) is 1. The van der Waals surface area contributed by atoms with Gasteiger partial charge in [0.05, 0.1) is 5.52 Å². The Morgan fingerprint density at radius 1 is 1.16 bits per heavy atom. The molecule has 9 heteroatoms. The monoisotopic (exact) mass is 359 g/mol. The van der Waals surface area contributed by atoms with Crippen molar-refractivity contribution in [2.75, 3.05) is 5.73 Å². The summed E-state index contributed by atoms with van der Waals surface area (Å²) in [4.78, 5) is 41.6. The van der Waals surface area contributed by atoms with Crippen molar-refractivity contribution in [2.24, 2.45) is 0 Å². The second kappa shape index (κ2) is 5.91. The van der Waals surface area contributed by atoms with Crippen LogP contribution in [0.3, 0.4) is 0 Å². The van der Waals surface area contributed by atoms with Crippen LogP contribution in [0.4, 0.5) is 5.82 Å². The largest absolute Gasteiger partial charge is 0.478 e. The van der Waals surface area contributed by atoms with E-state index in [2.05, 4.69) is 9.97 Å². The molecule has 3 aromatic rings. The number of nitrogens with zero attached hydrogens (tertiary/aromatic N) is 1. The van der Waals surface area contributed by atoms with Crippen molar-refractivity contribution in [2.45, 2.75) is 0 Å². The SMILES string of the molecule is Nc1[nH]c(=O)c(C(=O)O)c(-c2cc(Cl)cc3cccnc23)c1C(=O)O. The van der Waals surface area contributed by atoms with Gasteiger partial charge in [0.1, 0.15) is 16.9 Å². The minimum absolute atomic E-state index is 0.0932. The summed E-state index contributed by atoms with van der Waals surface area (Å²) in [6.45, 7) is 0. The zero-order valence-corrected chi connectivity index (χ0v) is 13.2. The van der Waals surface area contributed by atoms with Crippen LogP contribution >= 0.6 is 11.6 Å². The lowest BCUT2D eigenvalue weighted by atomic mass is 9.93. The van der Waals surface area contributed by atoms with Crippen LogP contribution in [0.25, 0.3) is 22.0 Å². The van der Waals surface area contributed by atoms with Gasteiger partial charge >= 0.3 is 11.9 Å². The number of nitrogens with two attached hydrogens (primary N) is 1. The molecule has 1 aromatic carbocycles. The number of anilines is 1. The van der Waals surface area contributed by atoms with Gasteiger partial charge in [0.25, 0.3) is 5.56 Å². The number of fused-ring (bicyclic) bond motifs is 1. The second-order valence-electron chi connectivity index (χ2n) is 5.13. The molecular weight excluding hydrogens is 350 g/mol. The van der Waals surface area contributed by atoms with Gasteiger partial charge in [-0.1, -0.05) is 17.7 Å². The summed E-state index contributed by atoms with van der Waals surface area (Å²) in [5.74, 6) is -3.54. The number of carboxylic acid groups (broad SMARTS) is 2. The van der Waals surface area contributed by atoms with E-state index in [1.54, 1.807) is 18.2 Å². The lowest BCUT2D eigenvalue weighted by Crippen LogP contribution is -2.24. The predicted octanol–water partition coefficient (Wildman–Crippen LogP) is 2.22. The molecule has 0 aliphatic carbocycles. The number of aromatic amines is 1. The van der Waals surface area contributed by atoms with Gasteiger partial charge in [-0.15, -0.1) is 0 Å². The normalized spacial score (nSPS) is 10.8. The highest BCUT2D eigenvalue weighted by Gasteiger charge is 2.28. The molecule has 0 radical (unpaired) electrons. The van der Waals surface area contributed by atoms with E-state index in [1.165, 1.54) is 12.3 Å². The number of benzene rings is 1. The molecule has 126 valence electrons. The maximum Gasteiger partial charge on any atom is 0.342 e. The zero-order valence-electron chi connectivity index (χ0n) is 12.4. The van der Waals surface area contributed by atoms with E-state index in [4.69, 9.17) is 17.3 Å². The van der Waals surface area contributed by atoms with Crippen LogP contribution in [0.5, 0.6) is 0 Å². The number of carbonyl (C=O) groups is 2. The van der Waals surface area contributed by atoms with Crippen LogP contribution < -0.4 is 11.3 Å². The van der Waals surface area contributed by atoms with Gasteiger partial charge in [-0.25, -0.2) is 9.59 Å². The number of halogens is 1. The molecule has 0 aliphatic heterocycles. The number of pyridine rings is 2. The highest BCUT2D eigenvalue weighted by atomic mass is 35.5. The number of H-pyrrole nitrogens is 1. The van der Waals surface area contributed by atoms with Crippen molar-refractivity contribution in [3.05, 3.63) is 57.0 Å². The molecule has 0 spiro atoms. The molecule has 2 heterocycles. The van der Waals surface area contributed by atoms with Crippen LogP contribution in [0.15, 0.2) is 35.3 Å². The molecule has 0 aliphatic rings. The maximum absolute atomic E-state index is 12.1. The Bertz CT molecular complexity index is 1110. The Morgan fingerprint density at radius 2 is 1.84 bits per heavy atom. The van der Waals surface area contributed by atoms with Crippen LogP contribution in [-0.2, 0) is 0 Å². The summed E-state index contributed by atoms with van der Waals surface area (Å²) in [6.07, 6.45) is 1.46. The fourth-order valence-electron chi connectivity index (χ4n) is 2.66. The van der Waals surface area contributed by atoms with Gasteiger partial charge in [-0.2, -0.15) is 0 Å². The number of nitrogen functional groups attached to an aromatic ring is 1. The van der Waals surface area contributed by atoms with Crippen LogP contribution in [0.1, 0.15) is 20.7 Å². The van der Waals surface area contributed by atoms with Gasteiger partial charge in [0, 0.05) is 27.7 Å². The first-order valence-electron chi connectivity index (χ1n) is 6.88. The van der Waals surface area contributed by atoms with Crippen LogP contribution in [0, 0.1) is 0 Å². The number of rotatable bonds is 3. The molecule has 0 fully saturated rings. The first-order valence-corrected chi connectivity index (χ1v) is 7.26. The molecule has 2 aromatic heterocycles. The van der Waals surface area contributed by atoms with E-state index < -0.39 is 34.4 Å². The van der Waals surface area contributed by atoms with Gasteiger partial charge in [-0.3, -0.25) is 9.78 Å². The summed E-state index contributed by atoms with van der Waals surface area (Å²) >= 11 is 6.08. The molecule has 0 saturated heterocycles. The average molecular weight is 360 g/mol. The number of aromatic carboxylic acids is 2. The topological polar surface area (TPSA) is 146 Å². The van der Waals surface area contributed by atoms with Crippen molar-refractivity contribution >= 4 is 40.3 Å². The Balaban J connectivity index is 2.60. The smallest absolute Gasteiger partial charge is 0.342 e. The quantitative estimate of drug-likeness (QED) is 0.560. The molecule has 25 heavy (non-hydrogen) atoms. The fourth-order valence-corrected chi connectivity index (χ4v) is 2.89. The Hall–Kier alpha value is -3.39. The Morgan fingerprint density at radius 3 is 2.48 bits per heavy atom. The minimum Gasteiger partial charge on any atom is -0.478 e. The lowest BCUT2D eigenvalue weighted by Gasteiger charge is -2.14. The first kappa shape index (κ1) is 16.5. The molecule has 5 N–H and O–H groups in total. The molecule has 8 nitrogen and oxygen atoms in total. The van der Waals surface area contributed by atoms with Crippen molar-refractivity contribution < 1.29 is 19.8 Å². The molecule has 0 unspecified atom stereocenters. The maximum atomic E-state index is 12.1. The van der Waals surface area contributed by atoms with Gasteiger partial charge in [-0.05, 0) is 18.2 Å². The standard InChI is InChI=1S/C16H10ClN3O5/c17-7-4-6-2-1-3-19-12(6)8(5-7)9-10(15(22)23)13(18)20-14(21)11(9)16(24)25/h1-5H,(H,22,23)(H,24,25)(H3,18,20,21). The highest BCUT2D eigenvalue weighted by Crippen LogP contribution is 2.35. The number of carboxylic acids is 2. The molecule has 3 rings (SSSR count). The fraction of sp³-hybridized carbons (Fsp3) is 0. The summed E-state index contributed by atoms with van der Waals surface area (Å²) in [7, 11) is 0. The first-order chi connectivity index (χ1) is 11.8. The third kappa shape index (κ3) is 2.68.